The smallest absolute Gasteiger partial charge is 0.323 e. The van der Waals surface area contributed by atoms with E-state index in [1.54, 1.807) is 24.3 Å². The number of hydrogen-bond acceptors (Lipinski definition) is 3. The Bertz CT molecular complexity index is 404. The minimum absolute atomic E-state index is 0.115. The zero-order valence-electron chi connectivity index (χ0n) is 8.97. The summed E-state index contributed by atoms with van der Waals surface area (Å²) in [4.78, 5) is 22.6. The van der Waals surface area contributed by atoms with Crippen molar-refractivity contribution in [1.29, 1.82) is 0 Å². The van der Waals surface area contributed by atoms with Crippen molar-refractivity contribution < 1.29 is 19.8 Å². The largest absolute Gasteiger partial charge is 0.481 e. The standard InChI is InChI=1S/C11H12ClNO4/c12-8-1-3-9(4-2-8)13(7-11(16)17)6-5-10(14)15/h1-4H,5-7H2,(H,14,15)(H,16,17). The fraction of sp³-hybridized carbons (Fsp3) is 0.273. The second kappa shape index (κ2) is 6.10. The Morgan fingerprint density at radius 3 is 2.18 bits per heavy atom. The topological polar surface area (TPSA) is 77.8 Å². The van der Waals surface area contributed by atoms with Crippen LogP contribution in [0.3, 0.4) is 0 Å². The molecule has 6 heteroatoms. The number of carboxylic acid groups (broad SMARTS) is 2. The van der Waals surface area contributed by atoms with E-state index < -0.39 is 11.9 Å². The monoisotopic (exact) mass is 257 g/mol. The van der Waals surface area contributed by atoms with E-state index >= 15 is 0 Å². The van der Waals surface area contributed by atoms with Gasteiger partial charge >= 0.3 is 11.9 Å². The van der Waals surface area contributed by atoms with Gasteiger partial charge in [0.25, 0.3) is 0 Å². The molecular formula is C11H12ClNO4. The highest BCUT2D eigenvalue weighted by molar-refractivity contribution is 6.30. The first-order chi connectivity index (χ1) is 7.99. The lowest BCUT2D eigenvalue weighted by molar-refractivity contribution is -0.138. The second-order valence-corrected chi connectivity index (χ2v) is 3.87. The van der Waals surface area contributed by atoms with Crippen LogP contribution in [0.4, 0.5) is 5.69 Å². The first-order valence-corrected chi connectivity index (χ1v) is 5.31. The van der Waals surface area contributed by atoms with Gasteiger partial charge in [-0.15, -0.1) is 0 Å². The minimum atomic E-state index is -1.01. The maximum absolute atomic E-state index is 10.7. The van der Waals surface area contributed by atoms with E-state index in [-0.39, 0.29) is 19.5 Å². The average Bonchev–Trinajstić information content (AvgIpc) is 2.25. The van der Waals surface area contributed by atoms with Gasteiger partial charge in [-0.25, -0.2) is 0 Å². The van der Waals surface area contributed by atoms with Gasteiger partial charge in [0.05, 0.1) is 6.42 Å². The summed E-state index contributed by atoms with van der Waals surface area (Å²) in [5, 5.41) is 17.9. The number of aliphatic carboxylic acids is 2. The molecule has 0 aliphatic carbocycles. The summed E-state index contributed by atoms with van der Waals surface area (Å²) >= 11 is 5.72. The predicted octanol–water partition coefficient (Wildman–Crippen LogP) is 1.71. The molecule has 0 saturated heterocycles. The summed E-state index contributed by atoms with van der Waals surface area (Å²) in [6.45, 7) is -0.0990. The number of hydrogen-bond donors (Lipinski definition) is 2. The highest BCUT2D eigenvalue weighted by Gasteiger charge is 2.12. The van der Waals surface area contributed by atoms with Crippen molar-refractivity contribution in [1.82, 2.24) is 0 Å². The summed E-state index contributed by atoms with van der Waals surface area (Å²) in [6, 6.07) is 6.58. The van der Waals surface area contributed by atoms with Crippen LogP contribution >= 0.6 is 11.6 Å². The first kappa shape index (κ1) is 13.3. The molecule has 0 fully saturated rings. The van der Waals surface area contributed by atoms with Gasteiger partial charge in [-0.2, -0.15) is 0 Å². The van der Waals surface area contributed by atoms with Crippen LogP contribution in [-0.2, 0) is 9.59 Å². The Labute approximate surface area is 103 Å². The van der Waals surface area contributed by atoms with E-state index in [2.05, 4.69) is 0 Å². The number of benzene rings is 1. The van der Waals surface area contributed by atoms with Crippen LogP contribution < -0.4 is 4.90 Å². The van der Waals surface area contributed by atoms with Crippen LogP contribution in [0.5, 0.6) is 0 Å². The van der Waals surface area contributed by atoms with E-state index in [1.165, 1.54) is 4.90 Å². The van der Waals surface area contributed by atoms with Crippen molar-refractivity contribution >= 4 is 29.2 Å². The van der Waals surface area contributed by atoms with Crippen molar-refractivity contribution in [3.05, 3.63) is 29.3 Å². The summed E-state index contributed by atoms with van der Waals surface area (Å²) in [6.07, 6.45) is -0.115. The Morgan fingerprint density at radius 2 is 1.71 bits per heavy atom. The molecule has 1 aromatic rings. The molecule has 5 nitrogen and oxygen atoms in total. The maximum Gasteiger partial charge on any atom is 0.323 e. The molecule has 0 heterocycles. The Morgan fingerprint density at radius 1 is 1.12 bits per heavy atom. The van der Waals surface area contributed by atoms with Crippen LogP contribution in [-0.4, -0.2) is 35.2 Å². The second-order valence-electron chi connectivity index (χ2n) is 3.44. The molecule has 0 spiro atoms. The van der Waals surface area contributed by atoms with Gasteiger partial charge in [-0.1, -0.05) is 11.6 Å². The molecule has 0 bridgehead atoms. The zero-order valence-corrected chi connectivity index (χ0v) is 9.72. The fourth-order valence-corrected chi connectivity index (χ4v) is 1.47. The van der Waals surface area contributed by atoms with Crippen molar-refractivity contribution in [3.8, 4) is 0 Å². The molecule has 2 N–H and O–H groups in total. The lowest BCUT2D eigenvalue weighted by atomic mass is 10.2. The molecular weight excluding hydrogens is 246 g/mol. The van der Waals surface area contributed by atoms with E-state index in [0.29, 0.717) is 10.7 Å². The Kier molecular flexibility index (Phi) is 4.78. The number of halogens is 1. The van der Waals surface area contributed by atoms with Gasteiger partial charge in [0, 0.05) is 17.3 Å². The third-order valence-electron chi connectivity index (χ3n) is 2.11. The normalized spacial score (nSPS) is 9.94. The first-order valence-electron chi connectivity index (χ1n) is 4.93. The minimum Gasteiger partial charge on any atom is -0.481 e. The zero-order chi connectivity index (χ0) is 12.8. The van der Waals surface area contributed by atoms with E-state index in [1.807, 2.05) is 0 Å². The van der Waals surface area contributed by atoms with Crippen LogP contribution in [0.2, 0.25) is 5.02 Å². The molecule has 17 heavy (non-hydrogen) atoms. The summed E-state index contributed by atoms with van der Waals surface area (Å²) in [7, 11) is 0. The predicted molar refractivity (Wildman–Crippen MR) is 63.6 cm³/mol. The van der Waals surface area contributed by atoms with E-state index in [4.69, 9.17) is 21.8 Å². The summed E-state index contributed by atoms with van der Waals surface area (Å²) < 4.78 is 0. The number of carbonyl (C=O) groups is 2. The molecule has 0 amide bonds. The third-order valence-corrected chi connectivity index (χ3v) is 2.37. The number of rotatable bonds is 6. The van der Waals surface area contributed by atoms with Crippen molar-refractivity contribution in [2.24, 2.45) is 0 Å². The molecule has 1 aromatic carbocycles. The Balaban J connectivity index is 2.77. The molecule has 0 aromatic heterocycles. The van der Waals surface area contributed by atoms with Gasteiger partial charge < -0.3 is 15.1 Å². The van der Waals surface area contributed by atoms with Gasteiger partial charge in [-0.05, 0) is 24.3 Å². The SMILES string of the molecule is O=C(O)CCN(CC(=O)O)c1ccc(Cl)cc1. The fourth-order valence-electron chi connectivity index (χ4n) is 1.35. The van der Waals surface area contributed by atoms with Crippen molar-refractivity contribution in [2.45, 2.75) is 6.42 Å². The summed E-state index contributed by atoms with van der Waals surface area (Å²) in [5.74, 6) is -1.97. The van der Waals surface area contributed by atoms with Crippen molar-refractivity contribution in [2.75, 3.05) is 18.0 Å². The molecule has 0 saturated carbocycles. The lowest BCUT2D eigenvalue weighted by Crippen LogP contribution is -2.31. The van der Waals surface area contributed by atoms with E-state index in [9.17, 15) is 9.59 Å². The third kappa shape index (κ3) is 4.74. The summed E-state index contributed by atoms with van der Waals surface area (Å²) in [5.41, 5.74) is 0.637. The molecule has 0 aliphatic rings. The molecule has 0 radical (unpaired) electrons. The quantitative estimate of drug-likeness (QED) is 0.811. The lowest BCUT2D eigenvalue weighted by Gasteiger charge is -2.21. The van der Waals surface area contributed by atoms with Crippen LogP contribution in [0.1, 0.15) is 6.42 Å². The van der Waals surface area contributed by atoms with E-state index in [0.717, 1.165) is 0 Å². The number of carboxylic acids is 2. The van der Waals surface area contributed by atoms with Crippen molar-refractivity contribution in [3.63, 3.8) is 0 Å². The van der Waals surface area contributed by atoms with Crippen LogP contribution in [0.15, 0.2) is 24.3 Å². The number of nitrogens with zero attached hydrogens (tertiary/aromatic N) is 1. The highest BCUT2D eigenvalue weighted by Crippen LogP contribution is 2.18. The molecule has 0 atom stereocenters. The molecule has 0 unspecified atom stereocenters. The van der Waals surface area contributed by atoms with Gasteiger partial charge in [-0.3, -0.25) is 9.59 Å². The van der Waals surface area contributed by atoms with Gasteiger partial charge in [0.2, 0.25) is 0 Å². The highest BCUT2D eigenvalue weighted by atomic mass is 35.5. The Hall–Kier alpha value is -1.75. The molecule has 92 valence electrons. The van der Waals surface area contributed by atoms with Crippen LogP contribution in [0.25, 0.3) is 0 Å². The molecule has 0 aliphatic heterocycles. The molecule has 1 rings (SSSR count). The maximum atomic E-state index is 10.7. The number of anilines is 1. The van der Waals surface area contributed by atoms with Gasteiger partial charge in [0.1, 0.15) is 6.54 Å². The van der Waals surface area contributed by atoms with Gasteiger partial charge in [0.15, 0.2) is 0 Å². The van der Waals surface area contributed by atoms with Crippen LogP contribution in [0, 0.1) is 0 Å². The average molecular weight is 258 g/mol.